The van der Waals surface area contributed by atoms with E-state index < -0.39 is 0 Å². The largest absolute Gasteiger partial charge is 0.373 e. The maximum Gasteiger partial charge on any atom is 0.180 e. The molecule has 0 unspecified atom stereocenters. The molecule has 0 aliphatic rings. The Morgan fingerprint density at radius 2 is 1.91 bits per heavy atom. The van der Waals surface area contributed by atoms with Crippen LogP contribution in [0.4, 0.5) is 10.2 Å². The molecule has 6 heteroatoms. The first-order valence-electron chi connectivity index (χ1n) is 7.55. The van der Waals surface area contributed by atoms with E-state index in [9.17, 15) is 4.39 Å². The number of nitrogens with zero attached hydrogens (tertiary/aromatic N) is 4. The van der Waals surface area contributed by atoms with E-state index in [1.807, 2.05) is 17.7 Å². The Labute approximate surface area is 134 Å². The Kier molecular flexibility index (Phi) is 4.32. The van der Waals surface area contributed by atoms with E-state index in [1.165, 1.54) is 12.1 Å². The molecule has 0 bridgehead atoms. The zero-order valence-electron chi connectivity index (χ0n) is 13.1. The van der Waals surface area contributed by atoms with Gasteiger partial charge in [0.25, 0.3) is 0 Å². The molecule has 3 rings (SSSR count). The molecule has 0 spiro atoms. The number of rotatable bonds is 5. The van der Waals surface area contributed by atoms with Gasteiger partial charge >= 0.3 is 0 Å². The molecular formula is C17H18FN5. The van der Waals surface area contributed by atoms with Gasteiger partial charge < -0.3 is 9.88 Å². The lowest BCUT2D eigenvalue weighted by molar-refractivity contribution is 0.628. The first kappa shape index (κ1) is 15.1. The molecule has 0 radical (unpaired) electrons. The smallest absolute Gasteiger partial charge is 0.180 e. The van der Waals surface area contributed by atoms with Crippen LogP contribution >= 0.6 is 0 Å². The van der Waals surface area contributed by atoms with Gasteiger partial charge in [-0.1, -0.05) is 6.92 Å². The highest BCUT2D eigenvalue weighted by atomic mass is 19.1. The summed E-state index contributed by atoms with van der Waals surface area (Å²) in [5, 5.41) is 3.02. The van der Waals surface area contributed by atoms with Crippen molar-refractivity contribution in [2.45, 2.75) is 19.9 Å². The summed E-state index contributed by atoms with van der Waals surface area (Å²) in [5.74, 6) is 1.07. The van der Waals surface area contributed by atoms with E-state index >= 15 is 0 Å². The molecule has 2 aromatic heterocycles. The summed E-state index contributed by atoms with van der Waals surface area (Å²) in [7, 11) is 1.82. The Balaban J connectivity index is 2.15. The number of nitrogens with one attached hydrogen (secondary N) is 1. The highest BCUT2D eigenvalue weighted by Crippen LogP contribution is 2.29. The summed E-state index contributed by atoms with van der Waals surface area (Å²) in [4.78, 5) is 13.4. The van der Waals surface area contributed by atoms with Crippen LogP contribution in [0.5, 0.6) is 0 Å². The fourth-order valence-corrected chi connectivity index (χ4v) is 2.46. The monoisotopic (exact) mass is 311 g/mol. The molecule has 2 heterocycles. The number of hydrogen-bond donors (Lipinski definition) is 1. The maximum atomic E-state index is 13.2. The third-order valence-electron chi connectivity index (χ3n) is 3.54. The molecule has 0 saturated carbocycles. The van der Waals surface area contributed by atoms with Crippen molar-refractivity contribution in [1.82, 2.24) is 19.5 Å². The van der Waals surface area contributed by atoms with Crippen molar-refractivity contribution in [3.05, 3.63) is 48.7 Å². The van der Waals surface area contributed by atoms with E-state index in [1.54, 1.807) is 24.7 Å². The Morgan fingerprint density at radius 3 is 2.61 bits per heavy atom. The third-order valence-corrected chi connectivity index (χ3v) is 3.54. The molecule has 0 amide bonds. The number of aromatic nitrogens is 4. The van der Waals surface area contributed by atoms with Gasteiger partial charge in [0.2, 0.25) is 0 Å². The van der Waals surface area contributed by atoms with E-state index in [-0.39, 0.29) is 5.82 Å². The van der Waals surface area contributed by atoms with E-state index in [2.05, 4.69) is 27.2 Å². The fraction of sp³-hybridized carbons (Fsp3) is 0.235. The molecule has 0 fully saturated rings. The molecule has 0 aliphatic carbocycles. The standard InChI is InChI=1S/C17H18FN5/c1-3-10-23-11-21-15(12-4-6-13(18)7-5-12)16(23)17-20-9-8-14(19-2)22-17/h4-9,11H,3,10H2,1-2H3,(H,19,20,22). The van der Waals surface area contributed by atoms with Crippen LogP contribution in [0.1, 0.15) is 13.3 Å². The van der Waals surface area contributed by atoms with E-state index in [0.29, 0.717) is 5.82 Å². The van der Waals surface area contributed by atoms with Crippen LogP contribution in [-0.4, -0.2) is 26.6 Å². The SMILES string of the molecule is CCCn1cnc(-c2ccc(F)cc2)c1-c1nccc(NC)n1. The minimum Gasteiger partial charge on any atom is -0.373 e. The number of anilines is 1. The lowest BCUT2D eigenvalue weighted by Gasteiger charge is -2.09. The van der Waals surface area contributed by atoms with Gasteiger partial charge in [-0.25, -0.2) is 19.3 Å². The van der Waals surface area contributed by atoms with Gasteiger partial charge in [-0.2, -0.15) is 0 Å². The second kappa shape index (κ2) is 6.56. The van der Waals surface area contributed by atoms with Gasteiger partial charge in [0, 0.05) is 25.4 Å². The Hall–Kier alpha value is -2.76. The van der Waals surface area contributed by atoms with Crippen LogP contribution in [0.25, 0.3) is 22.8 Å². The van der Waals surface area contributed by atoms with Crippen molar-refractivity contribution in [2.24, 2.45) is 0 Å². The summed E-state index contributed by atoms with van der Waals surface area (Å²) in [6, 6.07) is 8.12. The average molecular weight is 311 g/mol. The zero-order chi connectivity index (χ0) is 16.2. The van der Waals surface area contributed by atoms with Crippen LogP contribution in [0.15, 0.2) is 42.9 Å². The quantitative estimate of drug-likeness (QED) is 0.782. The number of benzene rings is 1. The number of aryl methyl sites for hydroxylation is 1. The van der Waals surface area contributed by atoms with Crippen molar-refractivity contribution in [3.63, 3.8) is 0 Å². The van der Waals surface area contributed by atoms with Gasteiger partial charge in [0.1, 0.15) is 17.3 Å². The van der Waals surface area contributed by atoms with Gasteiger partial charge in [-0.05, 0) is 36.8 Å². The van der Waals surface area contributed by atoms with Gasteiger partial charge in [0.15, 0.2) is 5.82 Å². The van der Waals surface area contributed by atoms with Crippen molar-refractivity contribution in [2.75, 3.05) is 12.4 Å². The summed E-state index contributed by atoms with van der Waals surface area (Å²) in [6.45, 7) is 2.92. The van der Waals surface area contributed by atoms with Crippen molar-refractivity contribution in [3.8, 4) is 22.8 Å². The Bertz CT molecular complexity index is 795. The molecule has 0 aliphatic heterocycles. The molecule has 3 aromatic rings. The first-order valence-corrected chi connectivity index (χ1v) is 7.55. The summed E-state index contributed by atoms with van der Waals surface area (Å²) in [5.41, 5.74) is 2.44. The highest BCUT2D eigenvalue weighted by molar-refractivity contribution is 5.75. The lowest BCUT2D eigenvalue weighted by atomic mass is 10.1. The molecule has 1 N–H and O–H groups in total. The number of halogens is 1. The van der Waals surface area contributed by atoms with Gasteiger partial charge in [-0.15, -0.1) is 0 Å². The molecular weight excluding hydrogens is 293 g/mol. The van der Waals surface area contributed by atoms with Crippen LogP contribution < -0.4 is 5.32 Å². The summed E-state index contributed by atoms with van der Waals surface area (Å²) >= 11 is 0. The van der Waals surface area contributed by atoms with Crippen LogP contribution in [0.2, 0.25) is 0 Å². The Morgan fingerprint density at radius 1 is 1.13 bits per heavy atom. The average Bonchev–Trinajstić information content (AvgIpc) is 2.99. The highest BCUT2D eigenvalue weighted by Gasteiger charge is 2.17. The third kappa shape index (κ3) is 3.06. The first-order chi connectivity index (χ1) is 11.2. The van der Waals surface area contributed by atoms with E-state index in [4.69, 9.17) is 0 Å². The molecule has 23 heavy (non-hydrogen) atoms. The second-order valence-electron chi connectivity index (χ2n) is 5.16. The molecule has 0 saturated heterocycles. The fourth-order valence-electron chi connectivity index (χ4n) is 2.46. The zero-order valence-corrected chi connectivity index (χ0v) is 13.1. The predicted octanol–water partition coefficient (Wildman–Crippen LogP) is 3.60. The van der Waals surface area contributed by atoms with Crippen LogP contribution in [-0.2, 0) is 6.54 Å². The minimum atomic E-state index is -0.267. The molecule has 1 aromatic carbocycles. The number of hydrogen-bond acceptors (Lipinski definition) is 4. The summed E-state index contributed by atoms with van der Waals surface area (Å²) < 4.78 is 15.2. The molecule has 5 nitrogen and oxygen atoms in total. The van der Waals surface area contributed by atoms with Gasteiger partial charge in [0.05, 0.1) is 12.0 Å². The van der Waals surface area contributed by atoms with E-state index in [0.717, 1.165) is 35.7 Å². The maximum absolute atomic E-state index is 13.2. The van der Waals surface area contributed by atoms with Crippen molar-refractivity contribution >= 4 is 5.82 Å². The minimum absolute atomic E-state index is 0.267. The predicted molar refractivity (Wildman–Crippen MR) is 88.5 cm³/mol. The van der Waals surface area contributed by atoms with Crippen molar-refractivity contribution in [1.29, 1.82) is 0 Å². The molecule has 0 atom stereocenters. The number of imidazole rings is 1. The van der Waals surface area contributed by atoms with Crippen LogP contribution in [0, 0.1) is 5.82 Å². The topological polar surface area (TPSA) is 55.6 Å². The lowest BCUT2D eigenvalue weighted by Crippen LogP contribution is -2.03. The summed E-state index contributed by atoms with van der Waals surface area (Å²) in [6.07, 6.45) is 4.47. The van der Waals surface area contributed by atoms with Crippen LogP contribution in [0.3, 0.4) is 0 Å². The second-order valence-corrected chi connectivity index (χ2v) is 5.16. The van der Waals surface area contributed by atoms with Gasteiger partial charge in [-0.3, -0.25) is 0 Å². The van der Waals surface area contributed by atoms with Crippen molar-refractivity contribution < 1.29 is 4.39 Å². The molecule has 118 valence electrons. The normalized spacial score (nSPS) is 10.7.